The molecule has 1 aromatic heterocycles. The van der Waals surface area contributed by atoms with Crippen molar-refractivity contribution < 1.29 is 0 Å². The van der Waals surface area contributed by atoms with Crippen LogP contribution in [0.4, 0.5) is 0 Å². The van der Waals surface area contributed by atoms with Gasteiger partial charge in [-0.05, 0) is 50.3 Å². The zero-order valence-electron chi connectivity index (χ0n) is 9.97. The van der Waals surface area contributed by atoms with Crippen LogP contribution < -0.4 is 5.32 Å². The highest BCUT2D eigenvalue weighted by Gasteiger charge is 2.19. The molecule has 1 aromatic rings. The summed E-state index contributed by atoms with van der Waals surface area (Å²) < 4.78 is 0. The van der Waals surface area contributed by atoms with Crippen LogP contribution in [0.2, 0.25) is 0 Å². The van der Waals surface area contributed by atoms with E-state index in [0.717, 1.165) is 5.92 Å². The number of thiophene rings is 1. The molecule has 84 valence electrons. The third kappa shape index (κ3) is 2.43. The van der Waals surface area contributed by atoms with Crippen LogP contribution >= 0.6 is 11.3 Å². The molecule has 0 saturated heterocycles. The predicted octanol–water partition coefficient (Wildman–Crippen LogP) is 3.54. The number of hydrogen-bond acceptors (Lipinski definition) is 2. The Hall–Kier alpha value is -0.340. The number of nitrogens with one attached hydrogen (secondary N) is 1. The molecular formula is C13H21NS. The Labute approximate surface area is 96.9 Å². The molecule has 0 aromatic carbocycles. The molecule has 1 N–H and O–H groups in total. The highest BCUT2D eigenvalue weighted by molar-refractivity contribution is 7.12. The summed E-state index contributed by atoms with van der Waals surface area (Å²) in [5.41, 5.74) is 1.62. The van der Waals surface area contributed by atoms with Crippen molar-refractivity contribution >= 4 is 11.3 Å². The van der Waals surface area contributed by atoms with Crippen LogP contribution in [0.5, 0.6) is 0 Å². The summed E-state index contributed by atoms with van der Waals surface area (Å²) in [6, 6.07) is 3.01. The van der Waals surface area contributed by atoms with E-state index in [4.69, 9.17) is 0 Å². The fraction of sp³-hybridized carbons (Fsp3) is 0.692. The van der Waals surface area contributed by atoms with Crippen molar-refractivity contribution in [2.24, 2.45) is 5.92 Å². The van der Waals surface area contributed by atoms with Crippen molar-refractivity contribution in [2.75, 3.05) is 7.05 Å². The second kappa shape index (κ2) is 4.67. The topological polar surface area (TPSA) is 12.0 Å². The minimum Gasteiger partial charge on any atom is -0.312 e. The van der Waals surface area contributed by atoms with Crippen LogP contribution in [0.25, 0.3) is 0 Å². The summed E-state index contributed by atoms with van der Waals surface area (Å²) >= 11 is 2.03. The van der Waals surface area contributed by atoms with Crippen molar-refractivity contribution in [2.45, 2.75) is 45.6 Å². The first kappa shape index (κ1) is 11.2. The van der Waals surface area contributed by atoms with E-state index in [9.17, 15) is 0 Å². The van der Waals surface area contributed by atoms with Crippen molar-refractivity contribution in [1.82, 2.24) is 5.32 Å². The maximum Gasteiger partial charge on any atom is 0.0415 e. The quantitative estimate of drug-likeness (QED) is 0.823. The van der Waals surface area contributed by atoms with Crippen molar-refractivity contribution in [3.05, 3.63) is 21.4 Å². The Balaban J connectivity index is 2.12. The summed E-state index contributed by atoms with van der Waals surface area (Å²) in [4.78, 5) is 3.20. The van der Waals surface area contributed by atoms with Gasteiger partial charge in [0.25, 0.3) is 0 Å². The number of fused-ring (bicyclic) bond motifs is 1. The second-order valence-corrected chi connectivity index (χ2v) is 6.09. The SMILES string of the molecule is CNC(CC(C)C)c1cc2c(s1)CCC2. The molecule has 2 rings (SSSR count). The largest absolute Gasteiger partial charge is 0.312 e. The summed E-state index contributed by atoms with van der Waals surface area (Å²) in [6.07, 6.45) is 5.24. The molecule has 2 heteroatoms. The van der Waals surface area contributed by atoms with E-state index in [0.29, 0.717) is 6.04 Å². The van der Waals surface area contributed by atoms with Gasteiger partial charge in [0, 0.05) is 15.8 Å². The maximum atomic E-state index is 3.45. The molecule has 0 aliphatic heterocycles. The maximum absolute atomic E-state index is 3.45. The third-order valence-electron chi connectivity index (χ3n) is 3.16. The molecule has 1 aliphatic rings. The minimum absolute atomic E-state index is 0.570. The van der Waals surface area contributed by atoms with Gasteiger partial charge < -0.3 is 5.32 Å². The molecule has 1 atom stereocenters. The molecule has 0 fully saturated rings. The lowest BCUT2D eigenvalue weighted by Gasteiger charge is -2.16. The van der Waals surface area contributed by atoms with E-state index in [1.807, 2.05) is 11.3 Å². The van der Waals surface area contributed by atoms with Gasteiger partial charge in [0.2, 0.25) is 0 Å². The number of rotatable bonds is 4. The zero-order valence-corrected chi connectivity index (χ0v) is 10.8. The van der Waals surface area contributed by atoms with Crippen molar-refractivity contribution in [3.63, 3.8) is 0 Å². The second-order valence-electron chi connectivity index (χ2n) is 4.92. The van der Waals surface area contributed by atoms with Gasteiger partial charge in [0.1, 0.15) is 0 Å². The van der Waals surface area contributed by atoms with Gasteiger partial charge in [-0.15, -0.1) is 11.3 Å². The molecule has 0 amide bonds. The minimum atomic E-state index is 0.570. The first-order valence-corrected chi connectivity index (χ1v) is 6.81. The van der Waals surface area contributed by atoms with E-state index in [1.165, 1.54) is 25.7 Å². The molecule has 0 spiro atoms. The lowest BCUT2D eigenvalue weighted by Crippen LogP contribution is -2.17. The smallest absolute Gasteiger partial charge is 0.0415 e. The normalized spacial score (nSPS) is 17.1. The number of hydrogen-bond donors (Lipinski definition) is 1. The van der Waals surface area contributed by atoms with Gasteiger partial charge in [-0.2, -0.15) is 0 Å². The monoisotopic (exact) mass is 223 g/mol. The average molecular weight is 223 g/mol. The van der Waals surface area contributed by atoms with Crippen LogP contribution in [-0.4, -0.2) is 7.05 Å². The summed E-state index contributed by atoms with van der Waals surface area (Å²) in [5, 5.41) is 3.45. The summed E-state index contributed by atoms with van der Waals surface area (Å²) in [6.45, 7) is 4.59. The third-order valence-corrected chi connectivity index (χ3v) is 4.52. The molecule has 0 saturated carbocycles. The number of aryl methyl sites for hydroxylation is 2. The molecule has 0 bridgehead atoms. The highest BCUT2D eigenvalue weighted by Crippen LogP contribution is 2.35. The molecular weight excluding hydrogens is 202 g/mol. The van der Waals surface area contributed by atoms with E-state index < -0.39 is 0 Å². The molecule has 1 aliphatic carbocycles. The fourth-order valence-corrected chi connectivity index (χ4v) is 3.75. The Morgan fingerprint density at radius 1 is 1.40 bits per heavy atom. The predicted molar refractivity (Wildman–Crippen MR) is 67.6 cm³/mol. The first-order chi connectivity index (χ1) is 7.20. The van der Waals surface area contributed by atoms with E-state index >= 15 is 0 Å². The Kier molecular flexibility index (Phi) is 3.47. The van der Waals surface area contributed by atoms with Crippen molar-refractivity contribution in [1.29, 1.82) is 0 Å². The Bertz CT molecular complexity index is 306. The standard InChI is InChI=1S/C13H21NS/c1-9(2)7-11(14-3)13-8-10-5-4-6-12(10)15-13/h8-9,11,14H,4-7H2,1-3H3. The van der Waals surface area contributed by atoms with Gasteiger partial charge in [-0.3, -0.25) is 0 Å². The Morgan fingerprint density at radius 3 is 2.80 bits per heavy atom. The van der Waals surface area contributed by atoms with Crippen LogP contribution in [0, 0.1) is 5.92 Å². The molecule has 1 heterocycles. The lowest BCUT2D eigenvalue weighted by molar-refractivity contribution is 0.462. The van der Waals surface area contributed by atoms with Crippen LogP contribution in [0.1, 0.15) is 48.0 Å². The van der Waals surface area contributed by atoms with Gasteiger partial charge in [0.15, 0.2) is 0 Å². The van der Waals surface area contributed by atoms with Crippen LogP contribution in [0.3, 0.4) is 0 Å². The van der Waals surface area contributed by atoms with E-state index in [-0.39, 0.29) is 0 Å². The zero-order chi connectivity index (χ0) is 10.8. The van der Waals surface area contributed by atoms with Gasteiger partial charge in [0.05, 0.1) is 0 Å². The van der Waals surface area contributed by atoms with Gasteiger partial charge in [-0.25, -0.2) is 0 Å². The first-order valence-electron chi connectivity index (χ1n) is 5.99. The molecule has 1 nitrogen and oxygen atoms in total. The Morgan fingerprint density at radius 2 is 2.20 bits per heavy atom. The van der Waals surface area contributed by atoms with E-state index in [2.05, 4.69) is 32.3 Å². The van der Waals surface area contributed by atoms with Crippen LogP contribution in [-0.2, 0) is 12.8 Å². The summed E-state index contributed by atoms with van der Waals surface area (Å²) in [5.74, 6) is 0.763. The lowest BCUT2D eigenvalue weighted by atomic mass is 10.0. The molecule has 0 radical (unpaired) electrons. The summed E-state index contributed by atoms with van der Waals surface area (Å²) in [7, 11) is 2.08. The fourth-order valence-electron chi connectivity index (χ4n) is 2.37. The molecule has 15 heavy (non-hydrogen) atoms. The van der Waals surface area contributed by atoms with Crippen molar-refractivity contribution in [3.8, 4) is 0 Å². The van der Waals surface area contributed by atoms with Crippen LogP contribution in [0.15, 0.2) is 6.07 Å². The highest BCUT2D eigenvalue weighted by atomic mass is 32.1. The van der Waals surface area contributed by atoms with Gasteiger partial charge >= 0.3 is 0 Å². The van der Waals surface area contributed by atoms with E-state index in [1.54, 1.807) is 15.3 Å². The average Bonchev–Trinajstić information content (AvgIpc) is 2.72. The van der Waals surface area contributed by atoms with Gasteiger partial charge in [-0.1, -0.05) is 13.8 Å². The molecule has 1 unspecified atom stereocenters.